The Labute approximate surface area is 180 Å². The molecule has 0 heterocycles. The zero-order chi connectivity index (χ0) is 22.3. The third-order valence-corrected chi connectivity index (χ3v) is 7.90. The van der Waals surface area contributed by atoms with Crippen molar-refractivity contribution in [3.05, 3.63) is 9.81 Å². The minimum absolute atomic E-state index is 0.0147. The van der Waals surface area contributed by atoms with Crippen LogP contribution in [0.1, 0.15) is 106 Å². The van der Waals surface area contributed by atoms with Gasteiger partial charge in [0.05, 0.1) is 13.1 Å². The van der Waals surface area contributed by atoms with Crippen molar-refractivity contribution in [2.24, 2.45) is 44.7 Å². The predicted octanol–water partition coefficient (Wildman–Crippen LogP) is 7.32. The highest BCUT2D eigenvalue weighted by Crippen LogP contribution is 2.45. The van der Waals surface area contributed by atoms with Gasteiger partial charge < -0.3 is 5.73 Å². The van der Waals surface area contributed by atoms with Crippen molar-refractivity contribution in [1.29, 1.82) is 0 Å². The molecule has 0 rings (SSSR count). The molecule has 0 bridgehead atoms. The molecule has 172 valence electrons. The summed E-state index contributed by atoms with van der Waals surface area (Å²) in [6.45, 7) is 15.1. The van der Waals surface area contributed by atoms with Gasteiger partial charge in [0.1, 0.15) is 0 Å². The van der Waals surface area contributed by atoms with Gasteiger partial charge in [-0.25, -0.2) is 0 Å². The first-order valence-corrected chi connectivity index (χ1v) is 12.0. The van der Waals surface area contributed by atoms with Gasteiger partial charge in [0, 0.05) is 0 Å². The summed E-state index contributed by atoms with van der Waals surface area (Å²) in [4.78, 5) is 21.1. The highest BCUT2D eigenvalue weighted by molar-refractivity contribution is 4.90. The second-order valence-corrected chi connectivity index (χ2v) is 10.2. The van der Waals surface area contributed by atoms with Crippen LogP contribution in [0, 0.1) is 38.4 Å². The van der Waals surface area contributed by atoms with E-state index in [1.807, 2.05) is 0 Å². The van der Waals surface area contributed by atoms with E-state index >= 15 is 0 Å². The summed E-state index contributed by atoms with van der Waals surface area (Å²) >= 11 is 0. The molecule has 0 aliphatic carbocycles. The van der Waals surface area contributed by atoms with E-state index < -0.39 is 0 Å². The van der Waals surface area contributed by atoms with Crippen LogP contribution in [0.25, 0.3) is 0 Å². The Morgan fingerprint density at radius 1 is 0.793 bits per heavy atom. The van der Waals surface area contributed by atoms with Gasteiger partial charge in [-0.1, -0.05) is 96.8 Å². The minimum Gasteiger partial charge on any atom is -0.330 e. The Kier molecular flexibility index (Phi) is 14.6. The van der Waals surface area contributed by atoms with Crippen LogP contribution in [-0.4, -0.2) is 19.6 Å². The van der Waals surface area contributed by atoms with E-state index in [1.54, 1.807) is 0 Å². The van der Waals surface area contributed by atoms with E-state index in [2.05, 4.69) is 51.9 Å². The van der Waals surface area contributed by atoms with Gasteiger partial charge in [-0.05, 0) is 54.4 Å². The van der Waals surface area contributed by atoms with Crippen LogP contribution < -0.4 is 5.73 Å². The summed E-state index contributed by atoms with van der Waals surface area (Å²) in [7, 11) is 0. The molecule has 0 aromatic rings. The van der Waals surface area contributed by atoms with Gasteiger partial charge in [-0.2, -0.15) is 9.81 Å². The van der Waals surface area contributed by atoms with Crippen molar-refractivity contribution in [1.82, 2.24) is 0 Å². The van der Waals surface area contributed by atoms with Gasteiger partial charge in [0.2, 0.25) is 0 Å². The molecule has 5 heteroatoms. The van der Waals surface area contributed by atoms with Crippen molar-refractivity contribution in [2.45, 2.75) is 106 Å². The molecular weight excluding hydrogens is 362 g/mol. The highest BCUT2D eigenvalue weighted by atomic mass is 16.3. The van der Waals surface area contributed by atoms with E-state index in [-0.39, 0.29) is 10.8 Å². The van der Waals surface area contributed by atoms with Gasteiger partial charge in [-0.3, -0.25) is 0 Å². The summed E-state index contributed by atoms with van der Waals surface area (Å²) in [5.74, 6) is 2.08. The Morgan fingerprint density at radius 3 is 1.86 bits per heavy atom. The molecule has 0 aliphatic rings. The van der Waals surface area contributed by atoms with Crippen LogP contribution in [0.3, 0.4) is 0 Å². The zero-order valence-corrected chi connectivity index (χ0v) is 20.2. The van der Waals surface area contributed by atoms with Crippen LogP contribution >= 0.6 is 0 Å². The molecule has 0 saturated carbocycles. The fourth-order valence-corrected chi connectivity index (χ4v) is 4.82. The van der Waals surface area contributed by atoms with Gasteiger partial charge >= 0.3 is 0 Å². The number of nitrogens with zero attached hydrogens (tertiary/aromatic N) is 2. The molecule has 0 spiro atoms. The standard InChI is InChI=1S/C24H49N3O2/c1-7-21(22(8-2)14-17-26-28)13-9-11-20(3)12-10-15-24(6,16-18-27-29)23(4,5)19-25/h20-22H,7-19,25H2,1-6H3. The molecule has 2 N–H and O–H groups in total. The van der Waals surface area contributed by atoms with E-state index in [9.17, 15) is 9.81 Å². The SMILES string of the molecule is CCC(CCCC(C)CCCC(C)(CCN=O)C(C)(C)CN)C(CC)CCN=O. The van der Waals surface area contributed by atoms with Crippen LogP contribution in [0.15, 0.2) is 10.4 Å². The number of hydrogen-bond donors (Lipinski definition) is 1. The zero-order valence-electron chi connectivity index (χ0n) is 20.2. The predicted molar refractivity (Wildman–Crippen MR) is 126 cm³/mol. The van der Waals surface area contributed by atoms with Crippen molar-refractivity contribution in [2.75, 3.05) is 19.6 Å². The van der Waals surface area contributed by atoms with Crippen LogP contribution in [0.2, 0.25) is 0 Å². The lowest BCUT2D eigenvalue weighted by Gasteiger charge is -2.44. The Morgan fingerprint density at radius 2 is 1.34 bits per heavy atom. The first kappa shape index (κ1) is 28.2. The topological polar surface area (TPSA) is 84.9 Å². The second kappa shape index (κ2) is 15.0. The average Bonchev–Trinajstić information content (AvgIpc) is 2.71. The maximum Gasteiger partial charge on any atom is 0.0816 e. The lowest BCUT2D eigenvalue weighted by molar-refractivity contribution is 0.0727. The van der Waals surface area contributed by atoms with E-state index in [4.69, 9.17) is 5.73 Å². The summed E-state index contributed by atoms with van der Waals surface area (Å²) < 4.78 is 0. The monoisotopic (exact) mass is 411 g/mol. The molecule has 0 amide bonds. The van der Waals surface area contributed by atoms with E-state index in [0.717, 1.165) is 37.5 Å². The Balaban J connectivity index is 4.43. The molecule has 0 saturated heterocycles. The molecule has 29 heavy (non-hydrogen) atoms. The fraction of sp³-hybridized carbons (Fsp3) is 1.00. The normalized spacial score (nSPS) is 17.3. The largest absolute Gasteiger partial charge is 0.330 e. The van der Waals surface area contributed by atoms with Crippen molar-refractivity contribution < 1.29 is 0 Å². The van der Waals surface area contributed by atoms with Gasteiger partial charge in [-0.15, -0.1) is 0 Å². The quantitative estimate of drug-likeness (QED) is 0.226. The van der Waals surface area contributed by atoms with Crippen LogP contribution in [-0.2, 0) is 0 Å². The summed E-state index contributed by atoms with van der Waals surface area (Å²) in [5, 5.41) is 6.17. The molecular formula is C24H49N3O2. The molecule has 0 aromatic heterocycles. The van der Waals surface area contributed by atoms with E-state index in [1.165, 1.54) is 38.5 Å². The number of nitroso groups, excluding NO2 is 2. The first-order chi connectivity index (χ1) is 13.7. The van der Waals surface area contributed by atoms with Gasteiger partial charge in [0.15, 0.2) is 0 Å². The molecule has 4 atom stereocenters. The van der Waals surface area contributed by atoms with Gasteiger partial charge in [0.25, 0.3) is 0 Å². The minimum atomic E-state index is 0.0147. The van der Waals surface area contributed by atoms with Crippen LogP contribution in [0.4, 0.5) is 0 Å². The molecule has 4 unspecified atom stereocenters. The molecule has 0 radical (unpaired) electrons. The smallest absolute Gasteiger partial charge is 0.0816 e. The molecule has 0 aromatic carbocycles. The number of rotatable bonds is 19. The Bertz CT molecular complexity index is 442. The maximum absolute atomic E-state index is 10.7. The van der Waals surface area contributed by atoms with Crippen molar-refractivity contribution in [3.8, 4) is 0 Å². The summed E-state index contributed by atoms with van der Waals surface area (Å²) in [6.07, 6.45) is 11.4. The highest BCUT2D eigenvalue weighted by Gasteiger charge is 2.39. The Hall–Kier alpha value is -0.840. The third kappa shape index (κ3) is 10.1. The number of hydrogen-bond acceptors (Lipinski definition) is 5. The van der Waals surface area contributed by atoms with Crippen molar-refractivity contribution >= 4 is 0 Å². The molecule has 0 fully saturated rings. The van der Waals surface area contributed by atoms with Crippen LogP contribution in [0.5, 0.6) is 0 Å². The maximum atomic E-state index is 10.7. The van der Waals surface area contributed by atoms with Crippen molar-refractivity contribution in [3.63, 3.8) is 0 Å². The first-order valence-electron chi connectivity index (χ1n) is 12.0. The molecule has 0 aliphatic heterocycles. The van der Waals surface area contributed by atoms with E-state index in [0.29, 0.717) is 25.6 Å². The third-order valence-electron chi connectivity index (χ3n) is 7.90. The second-order valence-electron chi connectivity index (χ2n) is 10.2. The summed E-state index contributed by atoms with van der Waals surface area (Å²) in [5.41, 5.74) is 6.11. The molecule has 5 nitrogen and oxygen atoms in total. The summed E-state index contributed by atoms with van der Waals surface area (Å²) in [6, 6.07) is 0. The fourth-order valence-electron chi connectivity index (χ4n) is 4.82. The average molecular weight is 412 g/mol. The number of nitrogens with two attached hydrogens (primary N) is 1. The lowest BCUT2D eigenvalue weighted by Crippen LogP contribution is -2.41. The lowest BCUT2D eigenvalue weighted by atomic mass is 9.62.